The Morgan fingerprint density at radius 2 is 2.12 bits per heavy atom. The average Bonchev–Trinajstić information content (AvgIpc) is 1.59. The van der Waals surface area contributed by atoms with E-state index >= 15 is 0 Å². The zero-order valence-electron chi connectivity index (χ0n) is 4.34. The van der Waals surface area contributed by atoms with E-state index in [1.165, 1.54) is 6.29 Å². The lowest BCUT2D eigenvalue weighted by atomic mass is 10.8. The quantitative estimate of drug-likeness (QED) is 0.521. The summed E-state index contributed by atoms with van der Waals surface area (Å²) < 4.78 is 22.1. The maximum atomic E-state index is 10.1. The molecule has 4 nitrogen and oxygen atoms in total. The molecule has 1 radical (unpaired) electrons. The topological polar surface area (TPSA) is 63.2 Å². The van der Waals surface area contributed by atoms with Crippen LogP contribution in [0.15, 0.2) is 0 Å². The van der Waals surface area contributed by atoms with Crippen molar-refractivity contribution < 1.29 is 13.2 Å². The minimum atomic E-state index is -3.20. The summed E-state index contributed by atoms with van der Waals surface area (Å²) in [6.07, 6.45) is 2.36. The first-order valence-corrected chi connectivity index (χ1v) is 3.75. The van der Waals surface area contributed by atoms with Gasteiger partial charge < -0.3 is 0 Å². The van der Waals surface area contributed by atoms with Crippen molar-refractivity contribution in [3.63, 3.8) is 0 Å². The van der Waals surface area contributed by atoms with Crippen LogP contribution in [0.3, 0.4) is 0 Å². The maximum absolute atomic E-state index is 10.1. The smallest absolute Gasteiger partial charge is 0.214 e. The predicted molar refractivity (Wildman–Crippen MR) is 28.5 cm³/mol. The van der Waals surface area contributed by atoms with E-state index in [1.54, 1.807) is 0 Å². The van der Waals surface area contributed by atoms with Gasteiger partial charge in [0.2, 0.25) is 16.3 Å². The van der Waals surface area contributed by atoms with Crippen LogP contribution >= 0.6 is 0 Å². The van der Waals surface area contributed by atoms with Gasteiger partial charge in [-0.15, -0.1) is 0 Å². The molecule has 0 unspecified atom stereocenters. The fraction of sp³-hybridized carbons (Fsp3) is 0.667. The van der Waals surface area contributed by atoms with E-state index in [0.717, 1.165) is 6.26 Å². The van der Waals surface area contributed by atoms with Gasteiger partial charge in [-0.2, -0.15) is 0 Å². The first-order valence-electron chi connectivity index (χ1n) is 1.86. The van der Waals surface area contributed by atoms with E-state index in [2.05, 4.69) is 0 Å². The average molecular weight is 136 g/mol. The van der Waals surface area contributed by atoms with Crippen molar-refractivity contribution >= 4 is 16.3 Å². The Kier molecular flexibility index (Phi) is 2.64. The van der Waals surface area contributed by atoms with Crippen molar-refractivity contribution in [1.29, 1.82) is 0 Å². The molecule has 0 fully saturated rings. The fourth-order valence-corrected chi connectivity index (χ4v) is 0.482. The van der Waals surface area contributed by atoms with Gasteiger partial charge in [0.05, 0.1) is 12.8 Å². The van der Waals surface area contributed by atoms with Gasteiger partial charge in [-0.25, -0.2) is 13.1 Å². The van der Waals surface area contributed by atoms with E-state index in [0.29, 0.717) is 0 Å². The van der Waals surface area contributed by atoms with Gasteiger partial charge in [0, 0.05) is 0 Å². The number of rotatable bonds is 3. The van der Waals surface area contributed by atoms with Gasteiger partial charge in [-0.3, -0.25) is 4.79 Å². The monoisotopic (exact) mass is 136 g/mol. The highest BCUT2D eigenvalue weighted by Gasteiger charge is 1.95. The highest BCUT2D eigenvalue weighted by molar-refractivity contribution is 7.88. The van der Waals surface area contributed by atoms with Crippen LogP contribution in [-0.2, 0) is 14.8 Å². The van der Waals surface area contributed by atoms with Crippen molar-refractivity contribution in [2.24, 2.45) is 0 Å². The molecule has 0 saturated carbocycles. The minimum Gasteiger partial charge on any atom is -0.289 e. The van der Waals surface area contributed by atoms with E-state index in [1.807, 2.05) is 4.72 Å². The lowest BCUT2D eigenvalue weighted by Gasteiger charge is -1.90. The second-order valence-electron chi connectivity index (χ2n) is 1.24. The summed E-state index contributed by atoms with van der Waals surface area (Å²) in [6, 6.07) is 0. The summed E-state index contributed by atoms with van der Waals surface area (Å²) >= 11 is 0. The molecule has 0 heterocycles. The highest BCUT2D eigenvalue weighted by Crippen LogP contribution is 1.67. The highest BCUT2D eigenvalue weighted by atomic mass is 32.2. The third-order valence-electron chi connectivity index (χ3n) is 0.407. The molecule has 0 aliphatic heterocycles. The van der Waals surface area contributed by atoms with Crippen molar-refractivity contribution in [2.45, 2.75) is 0 Å². The van der Waals surface area contributed by atoms with Crippen molar-refractivity contribution in [1.82, 2.24) is 4.72 Å². The SMILES string of the molecule is CS(=O)(=O)NC[C]=O. The van der Waals surface area contributed by atoms with Crippen LogP contribution in [0.2, 0.25) is 0 Å². The number of hydrogen-bond acceptors (Lipinski definition) is 3. The molecule has 0 aromatic rings. The number of carbonyl (C=O) groups excluding carboxylic acids is 1. The fourth-order valence-electron chi connectivity index (χ4n) is 0.161. The summed E-state index contributed by atoms with van der Waals surface area (Å²) in [5, 5.41) is 0. The van der Waals surface area contributed by atoms with Gasteiger partial charge in [0.1, 0.15) is 0 Å². The van der Waals surface area contributed by atoms with Crippen molar-refractivity contribution in [2.75, 3.05) is 12.8 Å². The summed E-state index contributed by atoms with van der Waals surface area (Å²) in [5.41, 5.74) is 0. The molecule has 0 aliphatic rings. The molecule has 0 aromatic heterocycles. The third-order valence-corrected chi connectivity index (χ3v) is 1.08. The van der Waals surface area contributed by atoms with E-state index in [4.69, 9.17) is 0 Å². The molecule has 0 bridgehead atoms. The van der Waals surface area contributed by atoms with Crippen molar-refractivity contribution in [3.8, 4) is 0 Å². The summed E-state index contributed by atoms with van der Waals surface area (Å²) in [7, 11) is -3.20. The molecule has 5 heteroatoms. The van der Waals surface area contributed by atoms with Crippen LogP contribution in [0.5, 0.6) is 0 Å². The van der Waals surface area contributed by atoms with Gasteiger partial charge in [0.25, 0.3) is 0 Å². The summed E-state index contributed by atoms with van der Waals surface area (Å²) in [6.45, 7) is -0.265. The molecule has 0 spiro atoms. The van der Waals surface area contributed by atoms with Crippen LogP contribution in [0.4, 0.5) is 0 Å². The molecule has 1 N–H and O–H groups in total. The Morgan fingerprint density at radius 1 is 1.62 bits per heavy atom. The van der Waals surface area contributed by atoms with Gasteiger partial charge in [0.15, 0.2) is 0 Å². The lowest BCUT2D eigenvalue weighted by Crippen LogP contribution is -2.23. The molecular weight excluding hydrogens is 130 g/mol. The Labute approximate surface area is 47.9 Å². The van der Waals surface area contributed by atoms with E-state index in [9.17, 15) is 13.2 Å². The third kappa shape index (κ3) is 5.58. The Bertz CT molecular complexity index is 159. The zero-order valence-corrected chi connectivity index (χ0v) is 5.16. The van der Waals surface area contributed by atoms with Gasteiger partial charge in [-0.1, -0.05) is 0 Å². The molecule has 47 valence electrons. The second kappa shape index (κ2) is 2.78. The lowest BCUT2D eigenvalue weighted by molar-refractivity contribution is 0.551. The summed E-state index contributed by atoms with van der Waals surface area (Å²) in [4.78, 5) is 9.40. The van der Waals surface area contributed by atoms with Crippen LogP contribution in [-0.4, -0.2) is 27.5 Å². The zero-order chi connectivity index (χ0) is 6.62. The van der Waals surface area contributed by atoms with Crippen molar-refractivity contribution in [3.05, 3.63) is 0 Å². The van der Waals surface area contributed by atoms with Crippen LogP contribution in [0, 0.1) is 0 Å². The molecule has 0 rings (SSSR count). The van der Waals surface area contributed by atoms with Crippen LogP contribution < -0.4 is 4.72 Å². The molecular formula is C3H6NO3S. The molecule has 8 heavy (non-hydrogen) atoms. The van der Waals surface area contributed by atoms with E-state index in [-0.39, 0.29) is 6.54 Å². The Morgan fingerprint density at radius 3 is 2.25 bits per heavy atom. The normalized spacial score (nSPS) is 11.1. The number of hydrogen-bond donors (Lipinski definition) is 1. The van der Waals surface area contributed by atoms with E-state index < -0.39 is 10.0 Å². The summed E-state index contributed by atoms with van der Waals surface area (Å²) in [5.74, 6) is 0. The van der Waals surface area contributed by atoms with Gasteiger partial charge >= 0.3 is 0 Å². The molecule has 0 saturated heterocycles. The Hall–Kier alpha value is -0.420. The van der Waals surface area contributed by atoms with Crippen LogP contribution in [0.1, 0.15) is 0 Å². The number of sulfonamides is 1. The van der Waals surface area contributed by atoms with Gasteiger partial charge in [-0.05, 0) is 0 Å². The molecule has 0 aromatic carbocycles. The number of nitrogens with one attached hydrogen (secondary N) is 1. The second-order valence-corrected chi connectivity index (χ2v) is 3.07. The molecule has 0 aliphatic carbocycles. The first kappa shape index (κ1) is 7.58. The predicted octanol–water partition coefficient (Wildman–Crippen LogP) is -1.35. The minimum absolute atomic E-state index is 0.265. The Balaban J connectivity index is 3.57. The standard InChI is InChI=1S/C3H6NO3S/c1-8(6,7)4-2-3-5/h4H,2H2,1H3. The molecule has 0 amide bonds. The van der Waals surface area contributed by atoms with Crippen LogP contribution in [0.25, 0.3) is 0 Å². The molecule has 0 atom stereocenters. The first-order chi connectivity index (χ1) is 3.56. The largest absolute Gasteiger partial charge is 0.289 e. The maximum Gasteiger partial charge on any atom is 0.214 e.